The van der Waals surface area contributed by atoms with Crippen molar-refractivity contribution in [1.82, 2.24) is 9.97 Å². The number of anilines is 2. The molecule has 4 nitrogen and oxygen atoms in total. The number of nitrogens with zero attached hydrogens (tertiary/aromatic N) is 3. The molecule has 1 aliphatic rings. The SMILES string of the molecule is CCN(c1cccc(Cl)c1)c1ncc(C(F)(F)F)c(OC2CCCCC2)n1. The Morgan fingerprint density at radius 3 is 2.59 bits per heavy atom. The van der Waals surface area contributed by atoms with E-state index in [9.17, 15) is 13.2 Å². The Hall–Kier alpha value is -2.02. The molecule has 1 fully saturated rings. The third kappa shape index (κ3) is 4.83. The molecule has 0 bridgehead atoms. The van der Waals surface area contributed by atoms with Crippen molar-refractivity contribution in [2.75, 3.05) is 11.4 Å². The van der Waals surface area contributed by atoms with Crippen LogP contribution in [0.15, 0.2) is 30.5 Å². The lowest BCUT2D eigenvalue weighted by atomic mass is 9.98. The van der Waals surface area contributed by atoms with E-state index >= 15 is 0 Å². The molecule has 146 valence electrons. The molecular formula is C19H21ClF3N3O. The summed E-state index contributed by atoms with van der Waals surface area (Å²) in [6.45, 7) is 2.33. The zero-order valence-electron chi connectivity index (χ0n) is 15.0. The van der Waals surface area contributed by atoms with Crippen molar-refractivity contribution >= 4 is 23.2 Å². The number of hydrogen-bond acceptors (Lipinski definition) is 4. The quantitative estimate of drug-likeness (QED) is 0.616. The van der Waals surface area contributed by atoms with E-state index in [0.717, 1.165) is 38.3 Å². The van der Waals surface area contributed by atoms with Gasteiger partial charge in [-0.25, -0.2) is 4.98 Å². The molecule has 2 aromatic rings. The largest absolute Gasteiger partial charge is 0.474 e. The lowest BCUT2D eigenvalue weighted by molar-refractivity contribution is -0.140. The van der Waals surface area contributed by atoms with Crippen molar-refractivity contribution in [3.8, 4) is 5.88 Å². The van der Waals surface area contributed by atoms with E-state index in [0.29, 0.717) is 17.3 Å². The van der Waals surface area contributed by atoms with Gasteiger partial charge in [0.05, 0.1) is 0 Å². The van der Waals surface area contributed by atoms with Crippen LogP contribution >= 0.6 is 11.6 Å². The molecular weight excluding hydrogens is 379 g/mol. The second-order valence-corrected chi connectivity index (χ2v) is 6.93. The van der Waals surface area contributed by atoms with Gasteiger partial charge in [0.25, 0.3) is 0 Å². The van der Waals surface area contributed by atoms with Gasteiger partial charge < -0.3 is 9.64 Å². The smallest absolute Gasteiger partial charge is 0.423 e. The highest BCUT2D eigenvalue weighted by Crippen LogP contribution is 2.37. The van der Waals surface area contributed by atoms with Gasteiger partial charge in [-0.3, -0.25) is 0 Å². The zero-order chi connectivity index (χ0) is 19.4. The minimum Gasteiger partial charge on any atom is -0.474 e. The molecule has 0 unspecified atom stereocenters. The normalized spacial score (nSPS) is 15.6. The highest BCUT2D eigenvalue weighted by molar-refractivity contribution is 6.30. The molecule has 27 heavy (non-hydrogen) atoms. The van der Waals surface area contributed by atoms with Crippen LogP contribution in [0.2, 0.25) is 5.02 Å². The van der Waals surface area contributed by atoms with Crippen molar-refractivity contribution in [2.45, 2.75) is 51.3 Å². The fourth-order valence-corrected chi connectivity index (χ4v) is 3.38. The van der Waals surface area contributed by atoms with Crippen LogP contribution in [-0.4, -0.2) is 22.6 Å². The van der Waals surface area contributed by atoms with Gasteiger partial charge in [-0.1, -0.05) is 24.1 Å². The van der Waals surface area contributed by atoms with Crippen molar-refractivity contribution in [2.24, 2.45) is 0 Å². The Morgan fingerprint density at radius 1 is 1.22 bits per heavy atom. The Bertz CT molecular complexity index is 779. The number of aromatic nitrogens is 2. The van der Waals surface area contributed by atoms with E-state index in [-0.39, 0.29) is 12.1 Å². The van der Waals surface area contributed by atoms with Crippen LogP contribution in [0.5, 0.6) is 5.88 Å². The van der Waals surface area contributed by atoms with Crippen LogP contribution in [0, 0.1) is 0 Å². The first-order chi connectivity index (χ1) is 12.9. The Labute approximate surface area is 161 Å². The van der Waals surface area contributed by atoms with Crippen LogP contribution in [0.4, 0.5) is 24.8 Å². The van der Waals surface area contributed by atoms with Gasteiger partial charge >= 0.3 is 6.18 Å². The lowest BCUT2D eigenvalue weighted by Gasteiger charge is -2.26. The molecule has 0 radical (unpaired) electrons. The third-order valence-corrected chi connectivity index (χ3v) is 4.79. The summed E-state index contributed by atoms with van der Waals surface area (Å²) in [6, 6.07) is 7.01. The Kier molecular flexibility index (Phi) is 6.09. The Balaban J connectivity index is 1.97. The minimum atomic E-state index is -4.57. The van der Waals surface area contributed by atoms with E-state index in [1.54, 1.807) is 29.2 Å². The average Bonchev–Trinajstić information content (AvgIpc) is 2.62. The summed E-state index contributed by atoms with van der Waals surface area (Å²) in [7, 11) is 0. The number of ether oxygens (including phenoxy) is 1. The van der Waals surface area contributed by atoms with Crippen molar-refractivity contribution in [1.29, 1.82) is 0 Å². The van der Waals surface area contributed by atoms with Crippen LogP contribution in [0.1, 0.15) is 44.6 Å². The highest BCUT2D eigenvalue weighted by atomic mass is 35.5. The summed E-state index contributed by atoms with van der Waals surface area (Å²) in [5, 5.41) is 0.525. The van der Waals surface area contributed by atoms with Gasteiger partial charge in [0.2, 0.25) is 11.8 Å². The average molecular weight is 400 g/mol. The Morgan fingerprint density at radius 2 is 1.96 bits per heavy atom. The van der Waals surface area contributed by atoms with E-state index in [2.05, 4.69) is 9.97 Å². The molecule has 1 aliphatic carbocycles. The van der Waals surface area contributed by atoms with Gasteiger partial charge in [-0.05, 0) is 50.8 Å². The summed E-state index contributed by atoms with van der Waals surface area (Å²) in [4.78, 5) is 9.78. The molecule has 0 amide bonds. The summed E-state index contributed by atoms with van der Waals surface area (Å²) in [5.41, 5.74) is -0.243. The summed E-state index contributed by atoms with van der Waals surface area (Å²) in [5.74, 6) is -0.251. The second-order valence-electron chi connectivity index (χ2n) is 6.49. The summed E-state index contributed by atoms with van der Waals surface area (Å²) < 4.78 is 45.9. The van der Waals surface area contributed by atoms with Crippen LogP contribution < -0.4 is 9.64 Å². The maximum atomic E-state index is 13.4. The fraction of sp³-hybridized carbons (Fsp3) is 0.474. The van der Waals surface area contributed by atoms with Crippen LogP contribution in [-0.2, 0) is 6.18 Å². The molecule has 8 heteroatoms. The van der Waals surface area contributed by atoms with Gasteiger partial charge in [-0.2, -0.15) is 18.2 Å². The molecule has 0 spiro atoms. The third-order valence-electron chi connectivity index (χ3n) is 4.55. The van der Waals surface area contributed by atoms with Gasteiger partial charge in [-0.15, -0.1) is 0 Å². The van der Waals surface area contributed by atoms with Crippen LogP contribution in [0.25, 0.3) is 0 Å². The van der Waals surface area contributed by atoms with Crippen molar-refractivity contribution in [3.05, 3.63) is 41.0 Å². The molecule has 1 aromatic carbocycles. The first-order valence-electron chi connectivity index (χ1n) is 9.02. The van der Waals surface area contributed by atoms with E-state index < -0.39 is 17.6 Å². The van der Waals surface area contributed by atoms with Gasteiger partial charge in [0.15, 0.2) is 0 Å². The number of hydrogen-bond donors (Lipinski definition) is 0. The molecule has 3 rings (SSSR count). The maximum Gasteiger partial charge on any atom is 0.423 e. The monoisotopic (exact) mass is 399 g/mol. The van der Waals surface area contributed by atoms with Gasteiger partial charge in [0.1, 0.15) is 11.7 Å². The van der Waals surface area contributed by atoms with Gasteiger partial charge in [0, 0.05) is 23.5 Å². The summed E-state index contributed by atoms with van der Waals surface area (Å²) in [6.07, 6.45) is 0.443. The number of alkyl halides is 3. The molecule has 0 N–H and O–H groups in total. The number of rotatable bonds is 5. The standard InChI is InChI=1S/C19H21ClF3N3O/c1-2-26(14-8-6-7-13(20)11-14)18-24-12-16(19(21,22)23)17(25-18)27-15-9-4-3-5-10-15/h6-8,11-12,15H,2-5,9-10H2,1H3. The second kappa shape index (κ2) is 8.33. The molecule has 0 aliphatic heterocycles. The van der Waals surface area contributed by atoms with E-state index in [1.807, 2.05) is 6.92 Å². The highest BCUT2D eigenvalue weighted by Gasteiger charge is 2.37. The van der Waals surface area contributed by atoms with Crippen molar-refractivity contribution in [3.63, 3.8) is 0 Å². The predicted octanol–water partition coefficient (Wildman–Crippen LogP) is 6.02. The first kappa shape index (κ1) is 19.7. The minimum absolute atomic E-state index is 0.151. The maximum absolute atomic E-state index is 13.4. The zero-order valence-corrected chi connectivity index (χ0v) is 15.7. The molecule has 1 heterocycles. The number of benzene rings is 1. The fourth-order valence-electron chi connectivity index (χ4n) is 3.20. The topological polar surface area (TPSA) is 38.2 Å². The molecule has 0 saturated heterocycles. The van der Waals surface area contributed by atoms with E-state index in [4.69, 9.17) is 16.3 Å². The number of halogens is 4. The first-order valence-corrected chi connectivity index (χ1v) is 9.40. The molecule has 1 aromatic heterocycles. The van der Waals surface area contributed by atoms with E-state index in [1.165, 1.54) is 0 Å². The lowest BCUT2D eigenvalue weighted by Crippen LogP contribution is -2.24. The van der Waals surface area contributed by atoms with Crippen LogP contribution in [0.3, 0.4) is 0 Å². The summed E-state index contributed by atoms with van der Waals surface area (Å²) >= 11 is 6.04. The predicted molar refractivity (Wildman–Crippen MR) is 98.7 cm³/mol. The van der Waals surface area contributed by atoms with Crippen molar-refractivity contribution < 1.29 is 17.9 Å². The molecule has 1 saturated carbocycles. The molecule has 0 atom stereocenters.